The molecule has 1 aromatic rings. The van der Waals surface area contributed by atoms with Gasteiger partial charge in [0.05, 0.1) is 0 Å². The molecule has 14 heavy (non-hydrogen) atoms. The van der Waals surface area contributed by atoms with Crippen LogP contribution in [-0.2, 0) is 4.79 Å². The number of rotatable bonds is 1. The van der Waals surface area contributed by atoms with Crippen molar-refractivity contribution in [2.24, 2.45) is 5.41 Å². The fourth-order valence-corrected chi connectivity index (χ4v) is 3.03. The summed E-state index contributed by atoms with van der Waals surface area (Å²) >= 11 is 1.53. The van der Waals surface area contributed by atoms with E-state index in [-0.39, 0.29) is 5.41 Å². The number of aromatic nitrogens is 1. The molecular weight excluding hydrogens is 194 g/mol. The molecule has 1 aliphatic rings. The minimum atomic E-state index is 0.250. The number of ketones is 1. The largest absolute Gasteiger partial charge is 0.300 e. The van der Waals surface area contributed by atoms with E-state index in [1.165, 1.54) is 16.4 Å². The van der Waals surface area contributed by atoms with Gasteiger partial charge in [-0.2, -0.15) is 0 Å². The predicted octanol–water partition coefficient (Wildman–Crippen LogP) is 3.01. The molecule has 0 amide bonds. The number of carbonyl (C=O) groups excluding carboxylic acids is 1. The molecule has 1 fully saturated rings. The molecule has 2 nitrogen and oxygen atoms in total. The van der Waals surface area contributed by atoms with E-state index in [9.17, 15) is 4.79 Å². The van der Waals surface area contributed by atoms with E-state index in [0.717, 1.165) is 12.8 Å². The molecule has 1 aliphatic carbocycles. The van der Waals surface area contributed by atoms with Crippen LogP contribution in [0.5, 0.6) is 0 Å². The summed E-state index contributed by atoms with van der Waals surface area (Å²) in [6, 6.07) is 2.05. The summed E-state index contributed by atoms with van der Waals surface area (Å²) < 4.78 is 4.12. The van der Waals surface area contributed by atoms with E-state index in [1.54, 1.807) is 0 Å². The summed E-state index contributed by atoms with van der Waals surface area (Å²) in [5.74, 6) is 0.791. The van der Waals surface area contributed by atoms with Crippen molar-refractivity contribution in [2.45, 2.75) is 39.0 Å². The fraction of sp³-hybridized carbons (Fsp3) is 0.636. The van der Waals surface area contributed by atoms with Crippen LogP contribution < -0.4 is 0 Å². The van der Waals surface area contributed by atoms with Crippen LogP contribution in [0.25, 0.3) is 0 Å². The van der Waals surface area contributed by atoms with E-state index < -0.39 is 0 Å². The highest BCUT2D eigenvalue weighted by atomic mass is 32.1. The third kappa shape index (κ3) is 1.73. The van der Waals surface area contributed by atoms with Crippen molar-refractivity contribution in [3.63, 3.8) is 0 Å². The van der Waals surface area contributed by atoms with Gasteiger partial charge < -0.3 is 0 Å². The van der Waals surface area contributed by atoms with E-state index in [2.05, 4.69) is 24.3 Å². The van der Waals surface area contributed by atoms with Crippen molar-refractivity contribution in [3.05, 3.63) is 17.1 Å². The topological polar surface area (TPSA) is 30.0 Å². The van der Waals surface area contributed by atoms with Crippen molar-refractivity contribution in [3.8, 4) is 0 Å². The maximum atomic E-state index is 11.4. The first-order chi connectivity index (χ1) is 6.59. The van der Waals surface area contributed by atoms with Gasteiger partial charge in [-0.3, -0.25) is 4.79 Å². The maximum Gasteiger partial charge on any atom is 0.133 e. The quantitative estimate of drug-likeness (QED) is 0.711. The van der Waals surface area contributed by atoms with E-state index in [1.807, 2.05) is 6.20 Å². The molecule has 76 valence electrons. The summed E-state index contributed by atoms with van der Waals surface area (Å²) in [6.45, 7) is 4.51. The van der Waals surface area contributed by atoms with Gasteiger partial charge in [0, 0.05) is 29.8 Å². The molecule has 1 heterocycles. The van der Waals surface area contributed by atoms with E-state index >= 15 is 0 Å². The Morgan fingerprint density at radius 3 is 3.00 bits per heavy atom. The van der Waals surface area contributed by atoms with Crippen molar-refractivity contribution in [2.75, 3.05) is 0 Å². The highest BCUT2D eigenvalue weighted by Crippen LogP contribution is 2.46. The van der Waals surface area contributed by atoms with Gasteiger partial charge in [0.25, 0.3) is 0 Å². The van der Waals surface area contributed by atoms with E-state index in [0.29, 0.717) is 18.1 Å². The Morgan fingerprint density at radius 2 is 2.36 bits per heavy atom. The van der Waals surface area contributed by atoms with Gasteiger partial charge in [-0.1, -0.05) is 13.8 Å². The van der Waals surface area contributed by atoms with Gasteiger partial charge in [-0.05, 0) is 29.4 Å². The van der Waals surface area contributed by atoms with Gasteiger partial charge in [0.15, 0.2) is 0 Å². The molecule has 0 bridgehead atoms. The molecule has 0 radical (unpaired) electrons. The van der Waals surface area contributed by atoms with Crippen LogP contribution in [0.15, 0.2) is 12.3 Å². The SMILES string of the molecule is CC1(C)CCC(=O)CC1c1ccns1. The second-order valence-corrected chi connectivity index (χ2v) is 5.56. The van der Waals surface area contributed by atoms with Gasteiger partial charge in [0.2, 0.25) is 0 Å². The smallest absolute Gasteiger partial charge is 0.133 e. The van der Waals surface area contributed by atoms with Crippen molar-refractivity contribution < 1.29 is 4.79 Å². The average molecular weight is 209 g/mol. The molecule has 0 N–H and O–H groups in total. The number of carbonyl (C=O) groups is 1. The summed E-state index contributed by atoms with van der Waals surface area (Å²) in [4.78, 5) is 12.7. The first-order valence-corrected chi connectivity index (χ1v) is 5.79. The van der Waals surface area contributed by atoms with Crippen molar-refractivity contribution >= 4 is 17.3 Å². The predicted molar refractivity (Wildman–Crippen MR) is 57.5 cm³/mol. The van der Waals surface area contributed by atoms with Crippen LogP contribution in [0.1, 0.15) is 43.9 Å². The second-order valence-electron chi connectivity index (χ2n) is 4.70. The van der Waals surface area contributed by atoms with Gasteiger partial charge in [-0.25, -0.2) is 4.37 Å². The fourth-order valence-electron chi connectivity index (χ4n) is 2.13. The summed E-state index contributed by atoms with van der Waals surface area (Å²) in [5.41, 5.74) is 0.250. The van der Waals surface area contributed by atoms with Crippen LogP contribution in [0.2, 0.25) is 0 Å². The zero-order valence-electron chi connectivity index (χ0n) is 8.62. The highest BCUT2D eigenvalue weighted by Gasteiger charge is 2.37. The lowest BCUT2D eigenvalue weighted by Gasteiger charge is -2.37. The Hall–Kier alpha value is -0.700. The lowest BCUT2D eigenvalue weighted by Crippen LogP contribution is -2.29. The zero-order chi connectivity index (χ0) is 10.2. The molecule has 1 atom stereocenters. The Kier molecular flexibility index (Phi) is 2.43. The molecule has 3 heteroatoms. The summed E-state index contributed by atoms with van der Waals surface area (Å²) in [6.07, 6.45) is 4.29. The summed E-state index contributed by atoms with van der Waals surface area (Å²) in [7, 11) is 0. The third-order valence-electron chi connectivity index (χ3n) is 3.22. The normalized spacial score (nSPS) is 26.4. The summed E-state index contributed by atoms with van der Waals surface area (Å²) in [5, 5.41) is 0. The lowest BCUT2D eigenvalue weighted by atomic mass is 9.68. The average Bonchev–Trinajstić information content (AvgIpc) is 2.62. The third-order valence-corrected chi connectivity index (χ3v) is 4.08. The van der Waals surface area contributed by atoms with Gasteiger partial charge in [0.1, 0.15) is 5.78 Å². The standard InChI is InChI=1S/C11H15NOS/c1-11(2)5-3-8(13)7-9(11)10-4-6-12-14-10/h4,6,9H,3,5,7H2,1-2H3. The number of nitrogens with zero attached hydrogens (tertiary/aromatic N) is 1. The zero-order valence-corrected chi connectivity index (χ0v) is 9.43. The van der Waals surface area contributed by atoms with Crippen LogP contribution in [0.3, 0.4) is 0 Å². The molecule has 1 unspecified atom stereocenters. The van der Waals surface area contributed by atoms with Crippen LogP contribution in [0.4, 0.5) is 0 Å². The number of hydrogen-bond acceptors (Lipinski definition) is 3. The van der Waals surface area contributed by atoms with Crippen LogP contribution >= 0.6 is 11.5 Å². The molecular formula is C11H15NOS. The molecule has 0 aromatic carbocycles. The second kappa shape index (κ2) is 3.46. The molecule has 0 aliphatic heterocycles. The van der Waals surface area contributed by atoms with Gasteiger partial charge in [-0.15, -0.1) is 0 Å². The molecule has 0 saturated heterocycles. The molecule has 0 spiro atoms. The Morgan fingerprint density at radius 1 is 1.57 bits per heavy atom. The van der Waals surface area contributed by atoms with Crippen molar-refractivity contribution in [1.82, 2.24) is 4.37 Å². The Bertz CT molecular complexity index is 329. The number of hydrogen-bond donors (Lipinski definition) is 0. The van der Waals surface area contributed by atoms with Crippen LogP contribution in [0, 0.1) is 5.41 Å². The Balaban J connectivity index is 2.27. The minimum Gasteiger partial charge on any atom is -0.300 e. The number of Topliss-reactive ketones (excluding diaryl/α,β-unsaturated/α-hetero) is 1. The van der Waals surface area contributed by atoms with Crippen molar-refractivity contribution in [1.29, 1.82) is 0 Å². The lowest BCUT2D eigenvalue weighted by molar-refractivity contribution is -0.122. The van der Waals surface area contributed by atoms with Crippen LogP contribution in [-0.4, -0.2) is 10.2 Å². The van der Waals surface area contributed by atoms with E-state index in [4.69, 9.17) is 0 Å². The monoisotopic (exact) mass is 209 g/mol. The molecule has 1 saturated carbocycles. The first-order valence-electron chi connectivity index (χ1n) is 5.02. The molecule has 2 rings (SSSR count). The highest BCUT2D eigenvalue weighted by molar-refractivity contribution is 7.05. The Labute approximate surface area is 88.5 Å². The first kappa shape index (κ1) is 9.84. The minimum absolute atomic E-state index is 0.250. The van der Waals surface area contributed by atoms with Gasteiger partial charge >= 0.3 is 0 Å². The molecule has 1 aromatic heterocycles. The maximum absolute atomic E-state index is 11.4.